The molecule has 1 aliphatic carbocycles. The van der Waals surface area contributed by atoms with E-state index in [-0.39, 0.29) is 0 Å². The lowest BCUT2D eigenvalue weighted by Crippen LogP contribution is -2.15. The van der Waals surface area contributed by atoms with E-state index in [1.165, 1.54) is 30.5 Å². The number of pyridine rings is 1. The van der Waals surface area contributed by atoms with Gasteiger partial charge in [-0.05, 0) is 43.7 Å². The van der Waals surface area contributed by atoms with Gasteiger partial charge >= 0.3 is 0 Å². The summed E-state index contributed by atoms with van der Waals surface area (Å²) in [5, 5.41) is 3.49. The first-order valence-corrected chi connectivity index (χ1v) is 5.66. The predicted molar refractivity (Wildman–Crippen MR) is 63.9 cm³/mol. The molecule has 0 bridgehead atoms. The van der Waals surface area contributed by atoms with E-state index in [0.717, 1.165) is 12.5 Å². The van der Waals surface area contributed by atoms with Crippen LogP contribution in [0.4, 0.5) is 5.69 Å². The summed E-state index contributed by atoms with van der Waals surface area (Å²) in [5.74, 6) is 0.787. The van der Waals surface area contributed by atoms with Gasteiger partial charge in [0.2, 0.25) is 0 Å². The lowest BCUT2D eigenvalue weighted by atomic mass is 9.94. The first-order valence-electron chi connectivity index (χ1n) is 5.66. The first-order chi connectivity index (χ1) is 7.36. The van der Waals surface area contributed by atoms with Gasteiger partial charge in [0.05, 0.1) is 11.9 Å². The molecule has 1 aromatic heterocycles. The van der Waals surface area contributed by atoms with Gasteiger partial charge in [-0.1, -0.05) is 12.2 Å². The second kappa shape index (κ2) is 4.96. The van der Waals surface area contributed by atoms with Crippen LogP contribution in [0.15, 0.2) is 30.6 Å². The summed E-state index contributed by atoms with van der Waals surface area (Å²) in [6.45, 7) is 3.18. The molecule has 0 amide bonds. The molecule has 1 aromatic rings. The Balaban J connectivity index is 1.87. The van der Waals surface area contributed by atoms with Crippen molar-refractivity contribution in [2.75, 3.05) is 11.9 Å². The number of nitrogens with zero attached hydrogens (tertiary/aromatic N) is 1. The number of aryl methyl sites for hydroxylation is 1. The van der Waals surface area contributed by atoms with Crippen LogP contribution in [0.3, 0.4) is 0 Å². The molecule has 0 aromatic carbocycles. The second-order valence-corrected chi connectivity index (χ2v) is 4.22. The highest BCUT2D eigenvalue weighted by atomic mass is 14.9. The van der Waals surface area contributed by atoms with E-state index < -0.39 is 0 Å². The fourth-order valence-corrected chi connectivity index (χ4v) is 1.95. The van der Waals surface area contributed by atoms with Crippen molar-refractivity contribution < 1.29 is 0 Å². The van der Waals surface area contributed by atoms with Gasteiger partial charge < -0.3 is 5.32 Å². The molecule has 1 heterocycles. The van der Waals surface area contributed by atoms with Crippen molar-refractivity contribution in [3.05, 3.63) is 36.2 Å². The molecular formula is C13H18N2. The number of hydrogen-bond donors (Lipinski definition) is 1. The molecule has 2 rings (SSSR count). The smallest absolute Gasteiger partial charge is 0.0556 e. The van der Waals surface area contributed by atoms with Crippen molar-refractivity contribution >= 4 is 5.69 Å². The first kappa shape index (κ1) is 10.2. The van der Waals surface area contributed by atoms with Gasteiger partial charge in [0.15, 0.2) is 0 Å². The van der Waals surface area contributed by atoms with E-state index in [1.807, 2.05) is 18.5 Å². The van der Waals surface area contributed by atoms with Crippen LogP contribution in [0, 0.1) is 12.8 Å². The third kappa shape index (κ3) is 2.82. The standard InChI is InChI=1S/C13H18N2/c1-11-7-8-14-10-13(11)15-9-12-5-3-2-4-6-12/h2-3,7-8,10,12,15H,4-6,9H2,1H3/t12-/m1/s1. The number of aromatic nitrogens is 1. The number of rotatable bonds is 3. The predicted octanol–water partition coefficient (Wildman–Crippen LogP) is 3.16. The van der Waals surface area contributed by atoms with Crippen LogP contribution < -0.4 is 5.32 Å². The maximum absolute atomic E-state index is 4.13. The topological polar surface area (TPSA) is 24.9 Å². The Kier molecular flexibility index (Phi) is 3.38. The Morgan fingerprint density at radius 3 is 3.13 bits per heavy atom. The number of nitrogens with one attached hydrogen (secondary N) is 1. The van der Waals surface area contributed by atoms with Crippen LogP contribution in [-0.2, 0) is 0 Å². The molecule has 1 N–H and O–H groups in total. The fraction of sp³-hybridized carbons (Fsp3) is 0.462. The molecule has 0 saturated heterocycles. The Bertz CT molecular complexity index is 344. The Labute approximate surface area is 91.4 Å². The summed E-state index contributed by atoms with van der Waals surface area (Å²) in [4.78, 5) is 4.13. The summed E-state index contributed by atoms with van der Waals surface area (Å²) < 4.78 is 0. The van der Waals surface area contributed by atoms with E-state index >= 15 is 0 Å². The highest BCUT2D eigenvalue weighted by Crippen LogP contribution is 2.19. The van der Waals surface area contributed by atoms with E-state index in [4.69, 9.17) is 0 Å². The summed E-state index contributed by atoms with van der Waals surface area (Å²) in [6, 6.07) is 2.04. The highest BCUT2D eigenvalue weighted by molar-refractivity contribution is 5.47. The van der Waals surface area contributed by atoms with E-state index in [2.05, 4.69) is 29.4 Å². The van der Waals surface area contributed by atoms with Crippen LogP contribution in [0.25, 0.3) is 0 Å². The monoisotopic (exact) mass is 202 g/mol. The lowest BCUT2D eigenvalue weighted by Gasteiger charge is -2.19. The van der Waals surface area contributed by atoms with Crippen molar-refractivity contribution in [1.82, 2.24) is 4.98 Å². The second-order valence-electron chi connectivity index (χ2n) is 4.22. The zero-order valence-corrected chi connectivity index (χ0v) is 9.24. The van der Waals surface area contributed by atoms with Gasteiger partial charge in [0.1, 0.15) is 0 Å². The molecule has 0 radical (unpaired) electrons. The maximum Gasteiger partial charge on any atom is 0.0556 e. The third-order valence-electron chi connectivity index (χ3n) is 3.00. The normalized spacial score (nSPS) is 20.2. The van der Waals surface area contributed by atoms with Gasteiger partial charge in [-0.25, -0.2) is 0 Å². The average molecular weight is 202 g/mol. The van der Waals surface area contributed by atoms with E-state index in [1.54, 1.807) is 0 Å². The largest absolute Gasteiger partial charge is 0.383 e. The van der Waals surface area contributed by atoms with E-state index in [9.17, 15) is 0 Å². The van der Waals surface area contributed by atoms with Crippen molar-refractivity contribution in [3.63, 3.8) is 0 Å². The molecular weight excluding hydrogens is 184 g/mol. The number of allylic oxidation sites excluding steroid dienone is 2. The third-order valence-corrected chi connectivity index (χ3v) is 3.00. The van der Waals surface area contributed by atoms with Gasteiger partial charge in [-0.2, -0.15) is 0 Å². The zero-order valence-electron chi connectivity index (χ0n) is 9.24. The van der Waals surface area contributed by atoms with Gasteiger partial charge in [0.25, 0.3) is 0 Å². The van der Waals surface area contributed by atoms with Crippen LogP contribution >= 0.6 is 0 Å². The van der Waals surface area contributed by atoms with Gasteiger partial charge in [-0.3, -0.25) is 4.98 Å². The van der Waals surface area contributed by atoms with Crippen molar-refractivity contribution in [3.8, 4) is 0 Å². The van der Waals surface area contributed by atoms with Crippen LogP contribution in [-0.4, -0.2) is 11.5 Å². The molecule has 0 aliphatic heterocycles. The lowest BCUT2D eigenvalue weighted by molar-refractivity contribution is 0.504. The molecule has 0 spiro atoms. The minimum absolute atomic E-state index is 0.787. The summed E-state index contributed by atoms with van der Waals surface area (Å²) in [7, 11) is 0. The van der Waals surface area contributed by atoms with Crippen molar-refractivity contribution in [1.29, 1.82) is 0 Å². The fourth-order valence-electron chi connectivity index (χ4n) is 1.95. The van der Waals surface area contributed by atoms with Crippen LogP contribution in [0.2, 0.25) is 0 Å². The quantitative estimate of drug-likeness (QED) is 0.761. The molecule has 0 fully saturated rings. The molecule has 1 atom stereocenters. The SMILES string of the molecule is Cc1ccncc1NC[C@@H]1CC=CCC1. The van der Waals surface area contributed by atoms with E-state index in [0.29, 0.717) is 0 Å². The minimum atomic E-state index is 0.787. The zero-order chi connectivity index (χ0) is 10.5. The van der Waals surface area contributed by atoms with Crippen LogP contribution in [0.1, 0.15) is 24.8 Å². The summed E-state index contributed by atoms with van der Waals surface area (Å²) in [6.07, 6.45) is 12.1. The average Bonchev–Trinajstić information content (AvgIpc) is 2.29. The number of anilines is 1. The van der Waals surface area contributed by atoms with Gasteiger partial charge in [-0.15, -0.1) is 0 Å². The van der Waals surface area contributed by atoms with Crippen molar-refractivity contribution in [2.24, 2.45) is 5.92 Å². The maximum atomic E-state index is 4.13. The van der Waals surface area contributed by atoms with Crippen molar-refractivity contribution in [2.45, 2.75) is 26.2 Å². The Hall–Kier alpha value is -1.31. The minimum Gasteiger partial charge on any atom is -0.383 e. The Morgan fingerprint density at radius 2 is 2.40 bits per heavy atom. The van der Waals surface area contributed by atoms with Gasteiger partial charge in [0, 0.05) is 12.7 Å². The summed E-state index contributed by atoms with van der Waals surface area (Å²) >= 11 is 0. The number of hydrogen-bond acceptors (Lipinski definition) is 2. The summed E-state index contributed by atoms with van der Waals surface area (Å²) in [5.41, 5.74) is 2.45. The van der Waals surface area contributed by atoms with Crippen LogP contribution in [0.5, 0.6) is 0 Å². The molecule has 2 heteroatoms. The molecule has 1 aliphatic rings. The molecule has 2 nitrogen and oxygen atoms in total. The molecule has 0 unspecified atom stereocenters. The Morgan fingerprint density at radius 1 is 1.47 bits per heavy atom. The molecule has 0 saturated carbocycles. The highest BCUT2D eigenvalue weighted by Gasteiger charge is 2.09. The molecule has 15 heavy (non-hydrogen) atoms. The molecule has 80 valence electrons.